The lowest BCUT2D eigenvalue weighted by Crippen LogP contribution is -2.17. The third kappa shape index (κ3) is 13.4. The Labute approximate surface area is 184 Å². The fourth-order valence-corrected chi connectivity index (χ4v) is 3.66. The molecule has 0 unspecified atom stereocenters. The van der Waals surface area contributed by atoms with Crippen LogP contribution >= 0.6 is 0 Å². The number of Topliss-reactive ketones (excluding diaryl/α,β-unsaturated/α-hetero) is 1. The highest BCUT2D eigenvalue weighted by Gasteiger charge is 2.13. The molecule has 0 heterocycles. The number of esters is 1. The van der Waals surface area contributed by atoms with Crippen molar-refractivity contribution >= 4 is 17.4 Å². The Morgan fingerprint density at radius 1 is 0.733 bits per heavy atom. The molecule has 0 saturated carbocycles. The largest absolute Gasteiger partial charge is 0.463 e. The first-order valence-electron chi connectivity index (χ1n) is 12.1. The molecule has 30 heavy (non-hydrogen) atoms. The number of methoxy groups -OCH3 is 1. The molecule has 0 radical (unpaired) electrons. The van der Waals surface area contributed by atoms with Crippen LogP contribution in [0, 0.1) is 0 Å². The summed E-state index contributed by atoms with van der Waals surface area (Å²) in [6.45, 7) is 3.25. The van der Waals surface area contributed by atoms with Gasteiger partial charge in [0, 0.05) is 18.7 Å². The molecule has 0 spiro atoms. The molecule has 0 amide bonds. The molecule has 0 aliphatic heterocycles. The van der Waals surface area contributed by atoms with Crippen LogP contribution < -0.4 is 5.32 Å². The summed E-state index contributed by atoms with van der Waals surface area (Å²) in [5.41, 5.74) is 1.88. The molecule has 1 rings (SSSR count). The molecule has 1 aromatic rings. The second-order valence-corrected chi connectivity index (χ2v) is 8.31. The number of ether oxygens (including phenoxy) is 1. The van der Waals surface area contributed by atoms with E-state index in [4.69, 9.17) is 0 Å². The Morgan fingerprint density at radius 2 is 1.20 bits per heavy atom. The summed E-state index contributed by atoms with van der Waals surface area (Å²) in [7, 11) is 1.23. The van der Waals surface area contributed by atoms with Crippen LogP contribution in [-0.4, -0.2) is 25.4 Å². The van der Waals surface area contributed by atoms with E-state index in [0.29, 0.717) is 0 Å². The lowest BCUT2D eigenvalue weighted by atomic mass is 10.0. The van der Waals surface area contributed by atoms with Gasteiger partial charge in [0.05, 0.1) is 7.11 Å². The van der Waals surface area contributed by atoms with Gasteiger partial charge in [0.2, 0.25) is 5.78 Å². The molecule has 0 aromatic heterocycles. The van der Waals surface area contributed by atoms with Gasteiger partial charge in [-0.05, 0) is 24.1 Å². The van der Waals surface area contributed by atoms with E-state index in [-0.39, 0.29) is 6.42 Å². The monoisotopic (exact) mass is 417 g/mol. The maximum atomic E-state index is 11.6. The van der Waals surface area contributed by atoms with E-state index in [1.54, 1.807) is 0 Å². The van der Waals surface area contributed by atoms with E-state index < -0.39 is 11.8 Å². The molecule has 0 aliphatic carbocycles. The Morgan fingerprint density at radius 3 is 1.67 bits per heavy atom. The smallest absolute Gasteiger partial charge is 0.374 e. The first-order valence-corrected chi connectivity index (χ1v) is 12.1. The summed E-state index contributed by atoms with van der Waals surface area (Å²) >= 11 is 0. The van der Waals surface area contributed by atoms with Crippen molar-refractivity contribution in [2.75, 3.05) is 19.0 Å². The van der Waals surface area contributed by atoms with Gasteiger partial charge in [-0.1, -0.05) is 103 Å². The molecular weight excluding hydrogens is 374 g/mol. The van der Waals surface area contributed by atoms with E-state index in [2.05, 4.69) is 17.0 Å². The number of anilines is 1. The summed E-state index contributed by atoms with van der Waals surface area (Å²) in [6.07, 6.45) is 19.3. The van der Waals surface area contributed by atoms with Crippen LogP contribution in [0.25, 0.3) is 0 Å². The summed E-state index contributed by atoms with van der Waals surface area (Å²) in [5.74, 6) is -1.30. The number of carbonyl (C=O) groups is 2. The molecular formula is C26H43NO3. The van der Waals surface area contributed by atoms with Crippen molar-refractivity contribution in [2.24, 2.45) is 0 Å². The zero-order valence-corrected chi connectivity index (χ0v) is 19.3. The van der Waals surface area contributed by atoms with Crippen molar-refractivity contribution in [2.45, 2.75) is 103 Å². The van der Waals surface area contributed by atoms with Gasteiger partial charge in [-0.25, -0.2) is 4.79 Å². The standard InChI is InChI=1S/C26H43NO3/c1-3-4-5-6-7-8-9-10-11-12-13-14-15-16-21-27-24-19-17-23(18-20-24)22-25(28)26(29)30-2/h17-20,27H,3-16,21-22H2,1-2H3. The van der Waals surface area contributed by atoms with Crippen LogP contribution in [0.15, 0.2) is 24.3 Å². The van der Waals surface area contributed by atoms with Gasteiger partial charge in [0.1, 0.15) is 0 Å². The Hall–Kier alpha value is -1.84. The molecule has 0 saturated heterocycles. The Kier molecular flexibility index (Phi) is 15.7. The third-order valence-electron chi connectivity index (χ3n) is 5.59. The zero-order valence-electron chi connectivity index (χ0n) is 19.3. The van der Waals surface area contributed by atoms with Gasteiger partial charge in [-0.15, -0.1) is 0 Å². The molecule has 0 fully saturated rings. The van der Waals surface area contributed by atoms with Crippen molar-refractivity contribution in [3.8, 4) is 0 Å². The molecule has 170 valence electrons. The summed E-state index contributed by atoms with van der Waals surface area (Å²) < 4.78 is 4.44. The molecule has 0 atom stereocenters. The quantitative estimate of drug-likeness (QED) is 0.152. The Balaban J connectivity index is 1.93. The minimum Gasteiger partial charge on any atom is -0.463 e. The fourth-order valence-electron chi connectivity index (χ4n) is 3.66. The van der Waals surface area contributed by atoms with Crippen LogP contribution in [0.1, 0.15) is 102 Å². The van der Waals surface area contributed by atoms with E-state index in [0.717, 1.165) is 17.8 Å². The van der Waals surface area contributed by atoms with Crippen LogP contribution in [0.4, 0.5) is 5.69 Å². The number of ketones is 1. The number of hydrogen-bond acceptors (Lipinski definition) is 4. The third-order valence-corrected chi connectivity index (χ3v) is 5.59. The number of benzene rings is 1. The second kappa shape index (κ2) is 18.0. The highest BCUT2D eigenvalue weighted by molar-refractivity contribution is 6.34. The number of nitrogens with one attached hydrogen (secondary N) is 1. The highest BCUT2D eigenvalue weighted by atomic mass is 16.5. The van der Waals surface area contributed by atoms with Crippen molar-refractivity contribution < 1.29 is 14.3 Å². The van der Waals surface area contributed by atoms with Crippen molar-refractivity contribution in [1.29, 1.82) is 0 Å². The van der Waals surface area contributed by atoms with Crippen molar-refractivity contribution in [1.82, 2.24) is 0 Å². The van der Waals surface area contributed by atoms with Gasteiger partial charge >= 0.3 is 5.97 Å². The average Bonchev–Trinajstić information content (AvgIpc) is 2.76. The van der Waals surface area contributed by atoms with Crippen LogP contribution in [0.3, 0.4) is 0 Å². The first kappa shape index (κ1) is 26.2. The maximum Gasteiger partial charge on any atom is 0.374 e. The first-order chi connectivity index (χ1) is 14.7. The summed E-state index contributed by atoms with van der Waals surface area (Å²) in [4.78, 5) is 22.7. The van der Waals surface area contributed by atoms with E-state index in [9.17, 15) is 9.59 Å². The SMILES string of the molecule is CCCCCCCCCCCCCCCCNc1ccc(CC(=O)C(=O)OC)cc1. The number of rotatable bonds is 19. The van der Waals surface area contributed by atoms with E-state index >= 15 is 0 Å². The summed E-state index contributed by atoms with van der Waals surface area (Å²) in [6, 6.07) is 7.69. The van der Waals surface area contributed by atoms with Crippen LogP contribution in [-0.2, 0) is 20.7 Å². The highest BCUT2D eigenvalue weighted by Crippen LogP contribution is 2.14. The predicted molar refractivity (Wildman–Crippen MR) is 126 cm³/mol. The minimum absolute atomic E-state index is 0.0892. The van der Waals surface area contributed by atoms with Crippen molar-refractivity contribution in [3.05, 3.63) is 29.8 Å². The van der Waals surface area contributed by atoms with Crippen LogP contribution in [0.5, 0.6) is 0 Å². The lowest BCUT2D eigenvalue weighted by molar-refractivity contribution is -0.151. The molecule has 1 aromatic carbocycles. The normalized spacial score (nSPS) is 10.7. The van der Waals surface area contributed by atoms with Gasteiger partial charge in [-0.2, -0.15) is 0 Å². The van der Waals surface area contributed by atoms with Gasteiger partial charge in [-0.3, -0.25) is 4.79 Å². The van der Waals surface area contributed by atoms with Gasteiger partial charge in [0.25, 0.3) is 0 Å². The lowest BCUT2D eigenvalue weighted by Gasteiger charge is -2.07. The molecule has 1 N–H and O–H groups in total. The summed E-state index contributed by atoms with van der Waals surface area (Å²) in [5, 5.41) is 3.43. The van der Waals surface area contributed by atoms with Crippen LogP contribution in [0.2, 0.25) is 0 Å². The molecule has 4 heteroatoms. The predicted octanol–water partition coefficient (Wildman–Crippen LogP) is 6.86. The van der Waals surface area contributed by atoms with E-state index in [1.165, 1.54) is 97.0 Å². The number of hydrogen-bond donors (Lipinski definition) is 1. The minimum atomic E-state index is -0.782. The zero-order chi connectivity index (χ0) is 21.9. The topological polar surface area (TPSA) is 55.4 Å². The maximum absolute atomic E-state index is 11.6. The average molecular weight is 418 g/mol. The second-order valence-electron chi connectivity index (χ2n) is 8.31. The van der Waals surface area contributed by atoms with E-state index in [1.807, 2.05) is 24.3 Å². The number of unbranched alkanes of at least 4 members (excludes halogenated alkanes) is 13. The molecule has 0 bridgehead atoms. The number of carbonyl (C=O) groups excluding carboxylic acids is 2. The fraction of sp³-hybridized carbons (Fsp3) is 0.692. The van der Waals surface area contributed by atoms with Gasteiger partial charge < -0.3 is 10.1 Å². The molecule has 0 aliphatic rings. The Bertz CT molecular complexity index is 568. The van der Waals surface area contributed by atoms with Gasteiger partial charge in [0.15, 0.2) is 0 Å². The molecule has 4 nitrogen and oxygen atoms in total. The van der Waals surface area contributed by atoms with Crippen molar-refractivity contribution in [3.63, 3.8) is 0 Å².